The molecular weight excluding hydrogens is 572 g/mol. The van der Waals surface area contributed by atoms with E-state index in [1.807, 2.05) is 60.9 Å². The Hall–Kier alpha value is -4.36. The van der Waals surface area contributed by atoms with Crippen molar-refractivity contribution >= 4 is 52.3 Å². The predicted molar refractivity (Wildman–Crippen MR) is 165 cm³/mol. The van der Waals surface area contributed by atoms with E-state index in [-0.39, 0.29) is 25.7 Å². The van der Waals surface area contributed by atoms with Crippen LogP contribution in [-0.4, -0.2) is 75.9 Å². The molecule has 0 aliphatic carbocycles. The number of nitrogens with two attached hydrogens (primary N) is 2. The Labute approximate surface area is 253 Å². The molecule has 0 saturated carbocycles. The van der Waals surface area contributed by atoms with Crippen molar-refractivity contribution < 1.29 is 29.1 Å². The maximum absolute atomic E-state index is 13.7. The van der Waals surface area contributed by atoms with Crippen LogP contribution in [-0.2, 0) is 36.8 Å². The van der Waals surface area contributed by atoms with Gasteiger partial charge in [-0.05, 0) is 42.0 Å². The van der Waals surface area contributed by atoms with Gasteiger partial charge in [-0.2, -0.15) is 11.8 Å². The Morgan fingerprint density at radius 1 is 0.837 bits per heavy atom. The number of fused-ring (bicyclic) bond motifs is 1. The molecule has 0 aliphatic heterocycles. The molecule has 4 amide bonds. The van der Waals surface area contributed by atoms with E-state index in [4.69, 9.17) is 11.5 Å². The highest BCUT2D eigenvalue weighted by Crippen LogP contribution is 2.19. The number of aromatic nitrogens is 1. The van der Waals surface area contributed by atoms with Gasteiger partial charge in [0.2, 0.25) is 23.6 Å². The third-order valence-electron chi connectivity index (χ3n) is 6.91. The predicted octanol–water partition coefficient (Wildman–Crippen LogP) is 0.838. The van der Waals surface area contributed by atoms with Crippen molar-refractivity contribution in [1.82, 2.24) is 20.9 Å². The van der Waals surface area contributed by atoms with Crippen LogP contribution in [0.3, 0.4) is 0 Å². The van der Waals surface area contributed by atoms with Gasteiger partial charge >= 0.3 is 5.97 Å². The second-order valence-electron chi connectivity index (χ2n) is 10.2. The summed E-state index contributed by atoms with van der Waals surface area (Å²) in [5.41, 5.74) is 13.5. The van der Waals surface area contributed by atoms with Crippen molar-refractivity contribution in [2.45, 2.75) is 56.3 Å². The number of rotatable bonds is 17. The van der Waals surface area contributed by atoms with E-state index >= 15 is 0 Å². The van der Waals surface area contributed by atoms with E-state index in [2.05, 4.69) is 20.9 Å². The van der Waals surface area contributed by atoms with Crippen LogP contribution < -0.4 is 27.4 Å². The molecule has 0 spiro atoms. The van der Waals surface area contributed by atoms with E-state index < -0.39 is 53.8 Å². The molecule has 3 aromatic rings. The first-order valence-electron chi connectivity index (χ1n) is 13.8. The molecule has 0 saturated heterocycles. The Morgan fingerprint density at radius 2 is 1.44 bits per heavy atom. The first kappa shape index (κ1) is 33.1. The maximum atomic E-state index is 13.7. The van der Waals surface area contributed by atoms with E-state index in [0.29, 0.717) is 17.7 Å². The van der Waals surface area contributed by atoms with Crippen LogP contribution >= 0.6 is 11.8 Å². The highest BCUT2D eigenvalue weighted by Gasteiger charge is 2.31. The summed E-state index contributed by atoms with van der Waals surface area (Å²) >= 11 is 1.55. The second-order valence-corrected chi connectivity index (χ2v) is 11.2. The molecule has 2 aromatic carbocycles. The van der Waals surface area contributed by atoms with E-state index in [0.717, 1.165) is 16.5 Å². The van der Waals surface area contributed by atoms with Gasteiger partial charge in [-0.1, -0.05) is 48.5 Å². The van der Waals surface area contributed by atoms with E-state index in [1.165, 1.54) is 0 Å². The third-order valence-corrected chi connectivity index (χ3v) is 7.56. The Kier molecular flexibility index (Phi) is 12.6. The minimum atomic E-state index is -1.41. The summed E-state index contributed by atoms with van der Waals surface area (Å²) in [6.07, 6.45) is 3.71. The molecule has 230 valence electrons. The average molecular weight is 611 g/mol. The lowest BCUT2D eigenvalue weighted by Gasteiger charge is -2.25. The molecule has 0 bridgehead atoms. The molecule has 1 heterocycles. The number of primary amides is 1. The molecule has 3 rings (SSSR count). The number of carbonyl (C=O) groups is 5. The molecule has 0 fully saturated rings. The zero-order valence-electron chi connectivity index (χ0n) is 23.9. The van der Waals surface area contributed by atoms with Crippen LogP contribution in [0.15, 0.2) is 60.8 Å². The fourth-order valence-corrected chi connectivity index (χ4v) is 5.02. The smallest absolute Gasteiger partial charge is 0.326 e. The molecular formula is C30H38N6O6S. The summed E-state index contributed by atoms with van der Waals surface area (Å²) < 4.78 is 0. The lowest BCUT2D eigenvalue weighted by atomic mass is 10.0. The SMILES string of the molecule is CSCCC(N)C(=O)NC(Cc1ccccc1)C(=O)NC(Cc1c[nH]c2ccccc12)C(=O)NC(CCC(N)=O)C(=O)O. The van der Waals surface area contributed by atoms with Gasteiger partial charge in [-0.25, -0.2) is 4.79 Å². The number of hydrogen-bond donors (Lipinski definition) is 7. The standard InChI is InChI=1S/C30H38N6O6S/c1-43-14-13-21(31)27(38)35-24(15-18-7-3-2-4-8-18)28(39)36-25(16-19-17-33-22-10-6-5-9-20(19)22)29(40)34-23(30(41)42)11-12-26(32)37/h2-10,17,21,23-25,33H,11-16,31H2,1H3,(H2,32,37)(H,34,40)(H,35,38)(H,36,39)(H,41,42). The molecule has 4 atom stereocenters. The molecule has 12 nitrogen and oxygen atoms in total. The number of aromatic amines is 1. The van der Waals surface area contributed by atoms with Gasteiger partial charge in [0.15, 0.2) is 0 Å². The molecule has 0 aliphatic rings. The number of H-pyrrole nitrogens is 1. The summed E-state index contributed by atoms with van der Waals surface area (Å²) in [5.74, 6) is -3.30. The monoisotopic (exact) mass is 610 g/mol. The van der Waals surface area contributed by atoms with Crippen LogP contribution in [0.5, 0.6) is 0 Å². The largest absolute Gasteiger partial charge is 0.480 e. The summed E-state index contributed by atoms with van der Waals surface area (Å²) in [6.45, 7) is 0. The molecule has 13 heteroatoms. The molecule has 0 radical (unpaired) electrons. The number of thioether (sulfide) groups is 1. The fourth-order valence-electron chi connectivity index (χ4n) is 4.53. The number of carboxylic acids is 1. The van der Waals surface area contributed by atoms with Crippen LogP contribution in [0.2, 0.25) is 0 Å². The summed E-state index contributed by atoms with van der Waals surface area (Å²) in [5, 5.41) is 18.4. The van der Waals surface area contributed by atoms with E-state index in [9.17, 15) is 29.1 Å². The van der Waals surface area contributed by atoms with Crippen molar-refractivity contribution in [2.75, 3.05) is 12.0 Å². The van der Waals surface area contributed by atoms with Crippen LogP contribution in [0.25, 0.3) is 10.9 Å². The van der Waals surface area contributed by atoms with E-state index in [1.54, 1.807) is 18.0 Å². The minimum Gasteiger partial charge on any atom is -0.480 e. The zero-order valence-corrected chi connectivity index (χ0v) is 24.7. The van der Waals surface area contributed by atoms with Crippen LogP contribution in [0, 0.1) is 0 Å². The molecule has 9 N–H and O–H groups in total. The van der Waals surface area contributed by atoms with Gasteiger partial charge in [-0.15, -0.1) is 0 Å². The van der Waals surface area contributed by atoms with Crippen molar-refractivity contribution in [3.05, 3.63) is 71.9 Å². The summed E-state index contributed by atoms with van der Waals surface area (Å²) in [4.78, 5) is 66.4. The van der Waals surface area contributed by atoms with Gasteiger partial charge in [0.05, 0.1) is 6.04 Å². The number of carboxylic acid groups (broad SMARTS) is 1. The van der Waals surface area contributed by atoms with Gasteiger partial charge in [0, 0.05) is 36.4 Å². The Bertz CT molecular complexity index is 1410. The number of aliphatic carboxylic acids is 1. The molecule has 4 unspecified atom stereocenters. The van der Waals surface area contributed by atoms with Crippen LogP contribution in [0.1, 0.15) is 30.4 Å². The summed E-state index contributed by atoms with van der Waals surface area (Å²) in [6, 6.07) is 12.0. The quantitative estimate of drug-likeness (QED) is 0.116. The molecule has 1 aromatic heterocycles. The number of hydrogen-bond acceptors (Lipinski definition) is 7. The number of nitrogens with one attached hydrogen (secondary N) is 4. The van der Waals surface area contributed by atoms with Crippen molar-refractivity contribution in [1.29, 1.82) is 0 Å². The zero-order chi connectivity index (χ0) is 31.4. The molecule has 43 heavy (non-hydrogen) atoms. The van der Waals surface area contributed by atoms with Gasteiger partial charge in [0.1, 0.15) is 18.1 Å². The Balaban J connectivity index is 1.88. The highest BCUT2D eigenvalue weighted by atomic mass is 32.2. The maximum Gasteiger partial charge on any atom is 0.326 e. The summed E-state index contributed by atoms with van der Waals surface area (Å²) in [7, 11) is 0. The number of carbonyl (C=O) groups excluding carboxylic acids is 4. The minimum absolute atomic E-state index is 0.0169. The Morgan fingerprint density at radius 3 is 2.09 bits per heavy atom. The number of amides is 4. The van der Waals surface area contributed by atoms with Crippen LogP contribution in [0.4, 0.5) is 0 Å². The van der Waals surface area contributed by atoms with Crippen molar-refractivity contribution in [2.24, 2.45) is 11.5 Å². The highest BCUT2D eigenvalue weighted by molar-refractivity contribution is 7.98. The number of para-hydroxylation sites is 1. The lowest BCUT2D eigenvalue weighted by Crippen LogP contribution is -2.58. The normalized spacial score (nSPS) is 13.8. The second kappa shape index (κ2) is 16.3. The number of benzene rings is 2. The average Bonchev–Trinajstić information content (AvgIpc) is 3.40. The first-order valence-corrected chi connectivity index (χ1v) is 15.2. The lowest BCUT2D eigenvalue weighted by molar-refractivity contribution is -0.142. The topological polar surface area (TPSA) is 209 Å². The van der Waals surface area contributed by atoms with Gasteiger partial charge in [-0.3, -0.25) is 19.2 Å². The van der Waals surface area contributed by atoms with Crippen molar-refractivity contribution in [3.8, 4) is 0 Å². The fraction of sp³-hybridized carbons (Fsp3) is 0.367. The van der Waals surface area contributed by atoms with Gasteiger partial charge < -0.3 is 37.5 Å². The van der Waals surface area contributed by atoms with Crippen molar-refractivity contribution in [3.63, 3.8) is 0 Å². The first-order chi connectivity index (χ1) is 20.6. The third kappa shape index (κ3) is 10.1. The van der Waals surface area contributed by atoms with Gasteiger partial charge in [0.25, 0.3) is 0 Å².